The zero-order valence-electron chi connectivity index (χ0n) is 15.1. The fourth-order valence-electron chi connectivity index (χ4n) is 3.52. The molecule has 26 heavy (non-hydrogen) atoms. The lowest BCUT2D eigenvalue weighted by Crippen LogP contribution is -2.28. The summed E-state index contributed by atoms with van der Waals surface area (Å²) < 4.78 is 5.55. The van der Waals surface area contributed by atoms with E-state index in [0.29, 0.717) is 12.1 Å². The maximum atomic E-state index is 11.9. The molecule has 1 saturated heterocycles. The number of carbonyl (C=O) groups is 1. The average molecular weight is 350 g/mol. The van der Waals surface area contributed by atoms with Crippen LogP contribution < -0.4 is 5.73 Å². The van der Waals surface area contributed by atoms with Crippen LogP contribution in [0.2, 0.25) is 0 Å². The van der Waals surface area contributed by atoms with Crippen LogP contribution in [0.15, 0.2) is 55.4 Å². The van der Waals surface area contributed by atoms with Crippen molar-refractivity contribution in [1.29, 1.82) is 0 Å². The Hall–Kier alpha value is -2.62. The number of benzene rings is 1. The molecule has 0 spiro atoms. The highest BCUT2D eigenvalue weighted by molar-refractivity contribution is 5.71. The summed E-state index contributed by atoms with van der Waals surface area (Å²) in [5, 5.41) is 0. The van der Waals surface area contributed by atoms with Gasteiger partial charge in [0, 0.05) is 18.1 Å². The molecule has 2 atom stereocenters. The van der Waals surface area contributed by atoms with Gasteiger partial charge in [0.2, 0.25) is 0 Å². The van der Waals surface area contributed by atoms with Gasteiger partial charge in [0.05, 0.1) is 6.42 Å². The Morgan fingerprint density at radius 3 is 2.73 bits per heavy atom. The van der Waals surface area contributed by atoms with Gasteiger partial charge in [-0.3, -0.25) is 9.78 Å². The summed E-state index contributed by atoms with van der Waals surface area (Å²) in [5.74, 6) is 0.138. The summed E-state index contributed by atoms with van der Waals surface area (Å²) >= 11 is 0. The summed E-state index contributed by atoms with van der Waals surface area (Å²) in [4.78, 5) is 16.1. The summed E-state index contributed by atoms with van der Waals surface area (Å²) in [6.45, 7) is 3.75. The van der Waals surface area contributed by atoms with Gasteiger partial charge in [0.1, 0.15) is 6.10 Å². The first-order chi connectivity index (χ1) is 12.6. The maximum Gasteiger partial charge on any atom is 0.306 e. The highest BCUT2D eigenvalue weighted by atomic mass is 16.5. The van der Waals surface area contributed by atoms with E-state index in [0.717, 1.165) is 43.2 Å². The van der Waals surface area contributed by atoms with Crippen molar-refractivity contribution in [3.63, 3.8) is 0 Å². The van der Waals surface area contributed by atoms with Crippen LogP contribution in [0.4, 0.5) is 0 Å². The number of pyridine rings is 1. The summed E-state index contributed by atoms with van der Waals surface area (Å²) in [5.41, 5.74) is 9.70. The molecule has 4 heteroatoms. The van der Waals surface area contributed by atoms with E-state index < -0.39 is 0 Å². The minimum atomic E-state index is -0.0901. The number of cyclic esters (lactones) is 1. The molecule has 1 fully saturated rings. The van der Waals surface area contributed by atoms with E-state index in [4.69, 9.17) is 10.5 Å². The first-order valence-corrected chi connectivity index (χ1v) is 9.25. The van der Waals surface area contributed by atoms with Crippen LogP contribution >= 0.6 is 0 Å². The van der Waals surface area contributed by atoms with Crippen molar-refractivity contribution >= 4 is 11.7 Å². The molecule has 0 aliphatic carbocycles. The molecule has 0 radical (unpaired) electrons. The fraction of sp³-hybridized carbons (Fsp3) is 0.364. The van der Waals surface area contributed by atoms with E-state index in [9.17, 15) is 4.79 Å². The molecule has 0 bridgehead atoms. The van der Waals surface area contributed by atoms with Crippen LogP contribution in [0.3, 0.4) is 0 Å². The Labute approximate surface area is 155 Å². The van der Waals surface area contributed by atoms with Crippen molar-refractivity contribution in [2.75, 3.05) is 0 Å². The largest absolute Gasteiger partial charge is 0.462 e. The van der Waals surface area contributed by atoms with Crippen LogP contribution in [-0.4, -0.2) is 17.1 Å². The number of hydrogen-bond acceptors (Lipinski definition) is 4. The minimum absolute atomic E-state index is 0.0180. The normalized spacial score (nSPS) is 19.8. The monoisotopic (exact) mass is 350 g/mol. The van der Waals surface area contributed by atoms with Gasteiger partial charge in [-0.15, -0.1) is 0 Å². The fourth-order valence-corrected chi connectivity index (χ4v) is 3.52. The third-order valence-corrected chi connectivity index (χ3v) is 4.98. The predicted octanol–water partition coefficient (Wildman–Crippen LogP) is 4.21. The summed E-state index contributed by atoms with van der Waals surface area (Å²) in [7, 11) is 0. The van der Waals surface area contributed by atoms with Crippen LogP contribution in [0.25, 0.3) is 5.70 Å². The quantitative estimate of drug-likeness (QED) is 0.600. The van der Waals surface area contributed by atoms with Crippen molar-refractivity contribution < 1.29 is 9.53 Å². The zero-order chi connectivity index (χ0) is 18.4. The Bertz CT molecular complexity index is 740. The molecule has 1 aromatic heterocycles. The molecule has 0 saturated carbocycles. The number of nitrogens with two attached hydrogens (primary N) is 1. The Kier molecular flexibility index (Phi) is 6.05. The molecule has 4 nitrogen and oxygen atoms in total. The molecular formula is C22H26N2O2. The number of ether oxygens (including phenoxy) is 1. The molecule has 2 unspecified atom stereocenters. The third kappa shape index (κ3) is 4.94. The number of esters is 1. The molecule has 136 valence electrons. The van der Waals surface area contributed by atoms with Gasteiger partial charge in [-0.05, 0) is 60.8 Å². The van der Waals surface area contributed by atoms with Gasteiger partial charge in [-0.25, -0.2) is 0 Å². The zero-order valence-corrected chi connectivity index (χ0v) is 15.1. The number of aromatic nitrogens is 1. The SMILES string of the molecule is C=C(N)c1ccc(CCCCC2CC(c3cccnc3)CC(=O)O2)cc1. The number of rotatable bonds is 7. The van der Waals surface area contributed by atoms with Gasteiger partial charge in [0.15, 0.2) is 0 Å². The van der Waals surface area contributed by atoms with E-state index in [1.54, 1.807) is 6.20 Å². The topological polar surface area (TPSA) is 65.2 Å². The predicted molar refractivity (Wildman–Crippen MR) is 103 cm³/mol. The Morgan fingerprint density at radius 1 is 1.23 bits per heavy atom. The van der Waals surface area contributed by atoms with Crippen molar-refractivity contribution in [1.82, 2.24) is 4.98 Å². The smallest absolute Gasteiger partial charge is 0.306 e. The molecule has 1 aromatic carbocycles. The lowest BCUT2D eigenvalue weighted by atomic mass is 9.87. The van der Waals surface area contributed by atoms with Crippen molar-refractivity contribution in [2.45, 2.75) is 50.5 Å². The third-order valence-electron chi connectivity index (χ3n) is 4.98. The Balaban J connectivity index is 1.45. The molecule has 0 amide bonds. The second kappa shape index (κ2) is 8.65. The molecule has 1 aliphatic rings. The Morgan fingerprint density at radius 2 is 2.04 bits per heavy atom. The highest BCUT2D eigenvalue weighted by Crippen LogP contribution is 2.32. The average Bonchev–Trinajstić information content (AvgIpc) is 2.66. The van der Waals surface area contributed by atoms with E-state index in [1.165, 1.54) is 5.56 Å². The minimum Gasteiger partial charge on any atom is -0.462 e. The number of carbonyl (C=O) groups excluding carboxylic acids is 1. The molecule has 2 aromatic rings. The van der Waals surface area contributed by atoms with Crippen LogP contribution in [0.1, 0.15) is 54.7 Å². The molecule has 2 N–H and O–H groups in total. The molecular weight excluding hydrogens is 324 g/mol. The van der Waals surface area contributed by atoms with Crippen molar-refractivity contribution in [3.8, 4) is 0 Å². The second-order valence-corrected chi connectivity index (χ2v) is 7.00. The number of hydrogen-bond donors (Lipinski definition) is 1. The second-order valence-electron chi connectivity index (χ2n) is 7.00. The maximum absolute atomic E-state index is 11.9. The number of nitrogens with zero attached hydrogens (tertiary/aromatic N) is 1. The van der Waals surface area contributed by atoms with E-state index >= 15 is 0 Å². The van der Waals surface area contributed by atoms with Gasteiger partial charge in [-0.1, -0.05) is 36.9 Å². The lowest BCUT2D eigenvalue weighted by molar-refractivity contribution is -0.155. The molecule has 3 rings (SSSR count). The standard InChI is InChI=1S/C22H26N2O2/c1-16(23)18-10-8-17(9-11-18)5-2-3-7-21-13-20(14-22(25)26-21)19-6-4-12-24-15-19/h4,6,8-12,15,20-21H,1-3,5,7,13-14,23H2. The van der Waals surface area contributed by atoms with Gasteiger partial charge in [-0.2, -0.15) is 0 Å². The van der Waals surface area contributed by atoms with E-state index in [-0.39, 0.29) is 18.0 Å². The van der Waals surface area contributed by atoms with Crippen LogP contribution in [0, 0.1) is 0 Å². The number of unbranched alkanes of at least 4 members (excludes halogenated alkanes) is 1. The molecule has 1 aliphatic heterocycles. The van der Waals surface area contributed by atoms with Crippen molar-refractivity contribution in [3.05, 3.63) is 72.1 Å². The summed E-state index contributed by atoms with van der Waals surface area (Å²) in [6, 6.07) is 12.2. The number of aryl methyl sites for hydroxylation is 1. The van der Waals surface area contributed by atoms with Crippen molar-refractivity contribution in [2.24, 2.45) is 5.73 Å². The van der Waals surface area contributed by atoms with Crippen LogP contribution in [0.5, 0.6) is 0 Å². The first-order valence-electron chi connectivity index (χ1n) is 9.25. The van der Waals surface area contributed by atoms with Gasteiger partial charge in [0.25, 0.3) is 0 Å². The lowest BCUT2D eigenvalue weighted by Gasteiger charge is -2.29. The van der Waals surface area contributed by atoms with Crippen LogP contribution in [-0.2, 0) is 16.0 Å². The summed E-state index contributed by atoms with van der Waals surface area (Å²) in [6.07, 6.45) is 9.05. The van der Waals surface area contributed by atoms with Gasteiger partial charge < -0.3 is 10.5 Å². The van der Waals surface area contributed by atoms with E-state index in [2.05, 4.69) is 23.7 Å². The van der Waals surface area contributed by atoms with Gasteiger partial charge >= 0.3 is 5.97 Å². The molecule has 2 heterocycles. The first kappa shape index (κ1) is 18.2. The highest BCUT2D eigenvalue weighted by Gasteiger charge is 2.29. The van der Waals surface area contributed by atoms with E-state index in [1.807, 2.05) is 30.5 Å².